The van der Waals surface area contributed by atoms with E-state index in [9.17, 15) is 18.9 Å². The molecule has 0 aromatic carbocycles. The van der Waals surface area contributed by atoms with Crippen molar-refractivity contribution in [3.05, 3.63) is 0 Å². The zero-order chi connectivity index (χ0) is 29.5. The maximum absolute atomic E-state index is 12.4. The zero-order valence-electron chi connectivity index (χ0n) is 27.1. The van der Waals surface area contributed by atoms with Gasteiger partial charge in [-0.1, -0.05) is 132 Å². The van der Waals surface area contributed by atoms with Gasteiger partial charge in [0, 0.05) is 24.6 Å². The summed E-state index contributed by atoms with van der Waals surface area (Å²) in [4.78, 5) is 20.5. The molecule has 4 nitrogen and oxygen atoms in total. The van der Waals surface area contributed by atoms with Gasteiger partial charge in [0.2, 0.25) is 14.7 Å². The van der Waals surface area contributed by atoms with Crippen LogP contribution in [0.1, 0.15) is 158 Å². The van der Waals surface area contributed by atoms with E-state index in [-0.39, 0.29) is 0 Å². The molecule has 0 bridgehead atoms. The van der Waals surface area contributed by atoms with Crippen LogP contribution in [0.25, 0.3) is 0 Å². The molecule has 0 heterocycles. The molecular formula is C32H70O4P2. The summed E-state index contributed by atoms with van der Waals surface area (Å²) in [7, 11) is -5.84. The van der Waals surface area contributed by atoms with Crippen LogP contribution >= 0.6 is 14.7 Å². The van der Waals surface area contributed by atoms with Gasteiger partial charge in [0.15, 0.2) is 0 Å². The molecule has 38 heavy (non-hydrogen) atoms. The fourth-order valence-electron chi connectivity index (χ4n) is 5.43. The lowest BCUT2D eigenvalue weighted by Gasteiger charge is -2.23. The molecule has 0 aromatic heterocycles. The SMILES string of the molecule is CCCCC(CC)CP(=O)(O)CC(CC)CCCC.CCCCC(CC)CP(=O)(O)CC(CC)CCCC. The van der Waals surface area contributed by atoms with E-state index in [0.29, 0.717) is 48.3 Å². The molecule has 0 aromatic rings. The summed E-state index contributed by atoms with van der Waals surface area (Å²) in [5.74, 6) is 1.78. The van der Waals surface area contributed by atoms with Crippen LogP contribution in [0.15, 0.2) is 0 Å². The second-order valence-corrected chi connectivity index (χ2v) is 16.9. The zero-order valence-corrected chi connectivity index (χ0v) is 28.8. The summed E-state index contributed by atoms with van der Waals surface area (Å²) >= 11 is 0. The highest BCUT2D eigenvalue weighted by Crippen LogP contribution is 2.48. The molecule has 4 unspecified atom stereocenters. The van der Waals surface area contributed by atoms with Crippen molar-refractivity contribution in [1.29, 1.82) is 0 Å². The van der Waals surface area contributed by atoms with Crippen molar-refractivity contribution in [1.82, 2.24) is 0 Å². The third-order valence-corrected chi connectivity index (χ3v) is 12.7. The van der Waals surface area contributed by atoms with Gasteiger partial charge in [0.1, 0.15) is 0 Å². The largest absolute Gasteiger partial charge is 0.344 e. The molecule has 2 N–H and O–H groups in total. The van der Waals surface area contributed by atoms with Crippen molar-refractivity contribution in [2.45, 2.75) is 158 Å². The van der Waals surface area contributed by atoms with Gasteiger partial charge in [-0.25, -0.2) is 0 Å². The van der Waals surface area contributed by atoms with Crippen LogP contribution in [0.3, 0.4) is 0 Å². The average molecular weight is 581 g/mol. The first kappa shape index (κ1) is 40.5. The Morgan fingerprint density at radius 3 is 0.737 bits per heavy atom. The Labute approximate surface area is 239 Å². The molecule has 0 aliphatic carbocycles. The van der Waals surface area contributed by atoms with Crippen LogP contribution in [-0.2, 0) is 9.13 Å². The fourth-order valence-corrected chi connectivity index (χ4v) is 10.7. The van der Waals surface area contributed by atoms with E-state index < -0.39 is 14.7 Å². The van der Waals surface area contributed by atoms with E-state index in [2.05, 4.69) is 55.4 Å². The maximum atomic E-state index is 12.4. The van der Waals surface area contributed by atoms with Gasteiger partial charge in [-0.15, -0.1) is 0 Å². The molecule has 0 amide bonds. The van der Waals surface area contributed by atoms with E-state index in [1.165, 1.54) is 51.4 Å². The minimum Gasteiger partial charge on any atom is -0.344 e. The van der Waals surface area contributed by atoms with E-state index in [0.717, 1.165) is 51.4 Å². The highest BCUT2D eigenvalue weighted by Gasteiger charge is 2.27. The molecule has 4 atom stereocenters. The summed E-state index contributed by atoms with van der Waals surface area (Å²) in [5.41, 5.74) is 0. The Bertz CT molecular complexity index is 514. The highest BCUT2D eigenvalue weighted by atomic mass is 31.2. The average Bonchev–Trinajstić information content (AvgIpc) is 2.89. The van der Waals surface area contributed by atoms with E-state index in [1.54, 1.807) is 0 Å². The van der Waals surface area contributed by atoms with Crippen molar-refractivity contribution in [2.24, 2.45) is 23.7 Å². The Kier molecular flexibility index (Phi) is 26.8. The van der Waals surface area contributed by atoms with Gasteiger partial charge < -0.3 is 9.79 Å². The quantitative estimate of drug-likeness (QED) is 0.111. The first-order chi connectivity index (χ1) is 18.0. The summed E-state index contributed by atoms with van der Waals surface area (Å²) < 4.78 is 24.9. The lowest BCUT2D eigenvalue weighted by molar-refractivity contribution is 0.413. The van der Waals surface area contributed by atoms with Gasteiger partial charge in [-0.3, -0.25) is 9.13 Å². The Hall–Kier alpha value is 0.380. The van der Waals surface area contributed by atoms with Gasteiger partial charge in [-0.2, -0.15) is 0 Å². The van der Waals surface area contributed by atoms with Crippen molar-refractivity contribution in [3.63, 3.8) is 0 Å². The molecule has 232 valence electrons. The van der Waals surface area contributed by atoms with E-state index >= 15 is 0 Å². The second kappa shape index (κ2) is 25.1. The Morgan fingerprint density at radius 2 is 0.605 bits per heavy atom. The topological polar surface area (TPSA) is 74.6 Å². The normalized spacial score (nSPS) is 17.9. The highest BCUT2D eigenvalue weighted by molar-refractivity contribution is 7.58. The molecule has 0 aliphatic rings. The predicted octanol–water partition coefficient (Wildman–Crippen LogP) is 11.4. The lowest BCUT2D eigenvalue weighted by atomic mass is 10.0. The smallest absolute Gasteiger partial charge is 0.201 e. The Balaban J connectivity index is 0. The maximum Gasteiger partial charge on any atom is 0.201 e. The molecule has 0 radical (unpaired) electrons. The molecular weight excluding hydrogens is 510 g/mol. The number of hydrogen-bond acceptors (Lipinski definition) is 2. The first-order valence-electron chi connectivity index (χ1n) is 16.6. The minimum absolute atomic E-state index is 0.444. The van der Waals surface area contributed by atoms with Crippen LogP contribution in [0.2, 0.25) is 0 Å². The van der Waals surface area contributed by atoms with Crippen LogP contribution in [0.4, 0.5) is 0 Å². The first-order valence-corrected chi connectivity index (χ1v) is 20.6. The number of hydrogen-bond donors (Lipinski definition) is 2. The molecule has 0 saturated heterocycles. The summed E-state index contributed by atoms with van der Waals surface area (Å²) in [6, 6.07) is 0. The van der Waals surface area contributed by atoms with Crippen LogP contribution in [-0.4, -0.2) is 34.4 Å². The van der Waals surface area contributed by atoms with Gasteiger partial charge in [0.25, 0.3) is 0 Å². The second-order valence-electron chi connectivity index (χ2n) is 12.1. The van der Waals surface area contributed by atoms with Gasteiger partial charge >= 0.3 is 0 Å². The molecule has 0 rings (SSSR count). The van der Waals surface area contributed by atoms with Crippen molar-refractivity contribution in [3.8, 4) is 0 Å². The summed E-state index contributed by atoms with van der Waals surface area (Å²) in [5, 5.41) is 0. The van der Waals surface area contributed by atoms with E-state index in [1.807, 2.05) is 0 Å². The minimum atomic E-state index is -2.92. The third-order valence-electron chi connectivity index (χ3n) is 8.35. The predicted molar refractivity (Wildman–Crippen MR) is 172 cm³/mol. The molecule has 0 saturated carbocycles. The fraction of sp³-hybridized carbons (Fsp3) is 1.00. The van der Waals surface area contributed by atoms with Crippen LogP contribution in [0.5, 0.6) is 0 Å². The van der Waals surface area contributed by atoms with Crippen molar-refractivity contribution >= 4 is 14.7 Å². The molecule has 0 spiro atoms. The number of rotatable bonds is 24. The summed E-state index contributed by atoms with van der Waals surface area (Å²) in [6.07, 6.45) is 20.3. The monoisotopic (exact) mass is 580 g/mol. The molecule has 0 aliphatic heterocycles. The van der Waals surface area contributed by atoms with Crippen molar-refractivity contribution in [2.75, 3.05) is 24.6 Å². The summed E-state index contributed by atoms with van der Waals surface area (Å²) in [6.45, 7) is 17.3. The van der Waals surface area contributed by atoms with Crippen LogP contribution in [0, 0.1) is 23.7 Å². The lowest BCUT2D eigenvalue weighted by Crippen LogP contribution is -2.13. The molecule has 0 fully saturated rings. The van der Waals surface area contributed by atoms with Crippen LogP contribution < -0.4 is 0 Å². The standard InChI is InChI=1S/2C16H35O2P/c2*1-5-9-11-15(7-3)13-19(17,18)14-16(8-4)12-10-6-2/h2*15-16H,5-14H2,1-4H3,(H,17,18). The van der Waals surface area contributed by atoms with E-state index in [4.69, 9.17) is 0 Å². The van der Waals surface area contributed by atoms with Gasteiger partial charge in [-0.05, 0) is 49.4 Å². The van der Waals surface area contributed by atoms with Gasteiger partial charge in [0.05, 0.1) is 0 Å². The Morgan fingerprint density at radius 1 is 0.421 bits per heavy atom. The third kappa shape index (κ3) is 23.1. The van der Waals surface area contributed by atoms with Crippen molar-refractivity contribution < 1.29 is 18.9 Å². The number of unbranched alkanes of at least 4 members (excludes halogenated alkanes) is 4. The molecule has 6 heteroatoms.